The summed E-state index contributed by atoms with van der Waals surface area (Å²) in [6.45, 7) is 6.97. The number of aromatic amines is 1. The number of non-ortho nitro benzene ring substituents is 1. The van der Waals surface area contributed by atoms with Crippen LogP contribution >= 0.6 is 0 Å². The van der Waals surface area contributed by atoms with E-state index < -0.39 is 30.6 Å². The highest BCUT2D eigenvalue weighted by Gasteiger charge is 2.67. The molecule has 14 heteroatoms. The fourth-order valence-corrected chi connectivity index (χ4v) is 13.6. The topological polar surface area (TPSA) is 160 Å². The van der Waals surface area contributed by atoms with Crippen molar-refractivity contribution in [3.05, 3.63) is 123 Å². The van der Waals surface area contributed by atoms with Gasteiger partial charge in [0.05, 0.1) is 74.1 Å². The van der Waals surface area contributed by atoms with E-state index in [1.807, 2.05) is 73.7 Å². The van der Waals surface area contributed by atoms with Gasteiger partial charge in [0.25, 0.3) is 17.2 Å². The molecule has 2 saturated heterocycles. The standard InChI is InChI=1S/C42H45N5O8Si/c1-26-39(56(3,4)32-18-16-31(54-2)17-19-32)37(23-38(49)44-21-7-8-30(44)25-48)55-42(26)34-22-29(47(52)53)15-20-36(34)45(41(42)51)24-27-11-13-28(14-12-27)46-40(50)33-9-5-6-10-35(33)43-46/h5-6,9-20,22,26,30,37,39,43,48H,7-8,21,23-25H2,1-4H3/t26-,30+,37+,39-,42+/m1/s1. The number of H-pyrrole nitrogens is 1. The number of rotatable bonds is 10. The van der Waals surface area contributed by atoms with E-state index in [0.29, 0.717) is 41.0 Å². The Kier molecular flexibility index (Phi) is 9.46. The van der Waals surface area contributed by atoms with Crippen LogP contribution in [0, 0.1) is 16.0 Å². The Morgan fingerprint density at radius 2 is 1.79 bits per heavy atom. The average molecular weight is 776 g/mol. The van der Waals surface area contributed by atoms with E-state index in [-0.39, 0.29) is 54.2 Å². The molecule has 8 rings (SSSR count). The first-order valence-electron chi connectivity index (χ1n) is 19.0. The summed E-state index contributed by atoms with van der Waals surface area (Å²) in [5.74, 6) is -0.252. The number of carbonyl (C=O) groups excluding carboxylic acids is 2. The fourth-order valence-electron chi connectivity index (χ4n) is 9.59. The lowest BCUT2D eigenvalue weighted by molar-refractivity contribution is -0.385. The molecule has 5 atom stereocenters. The lowest BCUT2D eigenvalue weighted by Gasteiger charge is -2.37. The van der Waals surface area contributed by atoms with Crippen LogP contribution in [0.1, 0.15) is 37.3 Å². The highest BCUT2D eigenvalue weighted by atomic mass is 28.3. The maximum atomic E-state index is 15.2. The molecule has 0 bridgehead atoms. The van der Waals surface area contributed by atoms with Gasteiger partial charge in [-0.25, -0.2) is 4.68 Å². The zero-order valence-electron chi connectivity index (χ0n) is 31.8. The van der Waals surface area contributed by atoms with Crippen molar-refractivity contribution < 1.29 is 29.1 Å². The number of benzene rings is 4. The number of methoxy groups -OCH3 is 1. The normalized spacial score (nSPS) is 23.3. The van der Waals surface area contributed by atoms with Crippen LogP contribution in [0.15, 0.2) is 95.8 Å². The van der Waals surface area contributed by atoms with Crippen LogP contribution in [0.2, 0.25) is 18.6 Å². The van der Waals surface area contributed by atoms with E-state index in [9.17, 15) is 24.8 Å². The molecule has 0 aliphatic carbocycles. The zero-order chi connectivity index (χ0) is 39.5. The summed E-state index contributed by atoms with van der Waals surface area (Å²) in [7, 11) is -0.996. The van der Waals surface area contributed by atoms with Gasteiger partial charge >= 0.3 is 0 Å². The number of amides is 2. The molecule has 5 aromatic rings. The summed E-state index contributed by atoms with van der Waals surface area (Å²) in [6, 6.07) is 26.7. The molecule has 0 saturated carbocycles. The van der Waals surface area contributed by atoms with Crippen LogP contribution in [0.3, 0.4) is 0 Å². The van der Waals surface area contributed by atoms with Crippen molar-refractivity contribution in [1.29, 1.82) is 0 Å². The molecule has 3 aliphatic heterocycles. The Hall–Kier alpha value is -5.57. The predicted molar refractivity (Wildman–Crippen MR) is 214 cm³/mol. The second kappa shape index (κ2) is 14.2. The lowest BCUT2D eigenvalue weighted by atomic mass is 9.82. The molecule has 56 heavy (non-hydrogen) atoms. The van der Waals surface area contributed by atoms with Crippen molar-refractivity contribution in [1.82, 2.24) is 14.7 Å². The van der Waals surface area contributed by atoms with Gasteiger partial charge in [-0.3, -0.25) is 29.6 Å². The van der Waals surface area contributed by atoms with Gasteiger partial charge < -0.3 is 24.4 Å². The first-order chi connectivity index (χ1) is 26.9. The Morgan fingerprint density at radius 1 is 1.05 bits per heavy atom. The summed E-state index contributed by atoms with van der Waals surface area (Å²) in [5, 5.41) is 27.1. The van der Waals surface area contributed by atoms with E-state index in [1.54, 1.807) is 29.0 Å². The molecule has 3 aliphatic rings. The fraction of sp³-hybridized carbons (Fsp3) is 0.357. The minimum absolute atomic E-state index is 0.00592. The number of hydrogen-bond acceptors (Lipinski definition) is 8. The Bertz CT molecular complexity index is 2390. The van der Waals surface area contributed by atoms with Crippen LogP contribution < -0.4 is 20.4 Å². The first kappa shape index (κ1) is 37.4. The SMILES string of the molecule is COc1ccc([Si](C)(C)[C@H]2[C@H](CC(=O)N3CCC[C@H]3CO)O[C@@]3(C(=O)N(Cc4ccc(-n5[nH]c6ccccc6c5=O)cc4)c4ccc([N+](=O)[O-])cc43)[C@@H]2C)cc1. The molecule has 2 fully saturated rings. The largest absolute Gasteiger partial charge is 0.497 e. The van der Waals surface area contributed by atoms with Crippen LogP contribution in [0.5, 0.6) is 5.75 Å². The molecule has 0 radical (unpaired) electrons. The number of aromatic nitrogens is 2. The molecule has 0 unspecified atom stereocenters. The number of para-hydroxylation sites is 1. The molecule has 1 spiro atoms. The Morgan fingerprint density at radius 3 is 2.46 bits per heavy atom. The Labute approximate surface area is 324 Å². The van der Waals surface area contributed by atoms with Gasteiger partial charge in [0, 0.05) is 30.2 Å². The van der Waals surface area contributed by atoms with Gasteiger partial charge in [-0.05, 0) is 66.4 Å². The van der Waals surface area contributed by atoms with Crippen molar-refractivity contribution in [2.75, 3.05) is 25.2 Å². The quantitative estimate of drug-likeness (QED) is 0.109. The summed E-state index contributed by atoms with van der Waals surface area (Å²) < 4.78 is 14.0. The number of nitrogens with zero attached hydrogens (tertiary/aromatic N) is 4. The number of fused-ring (bicyclic) bond motifs is 3. The summed E-state index contributed by atoms with van der Waals surface area (Å²) in [4.78, 5) is 57.5. The van der Waals surface area contributed by atoms with Crippen molar-refractivity contribution in [3.63, 3.8) is 0 Å². The zero-order valence-corrected chi connectivity index (χ0v) is 32.8. The molecule has 2 N–H and O–H groups in total. The number of nitrogens with one attached hydrogen (secondary N) is 1. The van der Waals surface area contributed by atoms with Gasteiger partial charge in [-0.2, -0.15) is 0 Å². The molecular formula is C42H45N5O8Si. The first-order valence-corrected chi connectivity index (χ1v) is 22.1. The maximum absolute atomic E-state index is 15.2. The van der Waals surface area contributed by atoms with Crippen LogP contribution in [-0.4, -0.2) is 77.0 Å². The second-order valence-corrected chi connectivity index (χ2v) is 20.4. The molecule has 290 valence electrons. The van der Waals surface area contributed by atoms with Gasteiger partial charge in [-0.15, -0.1) is 0 Å². The third kappa shape index (κ3) is 5.94. The molecular weight excluding hydrogens is 731 g/mol. The van der Waals surface area contributed by atoms with E-state index in [0.717, 1.165) is 22.7 Å². The molecule has 4 heterocycles. The number of carbonyl (C=O) groups is 2. The van der Waals surface area contributed by atoms with E-state index in [1.165, 1.54) is 16.8 Å². The maximum Gasteiger partial charge on any atom is 0.279 e. The predicted octanol–water partition coefficient (Wildman–Crippen LogP) is 5.37. The minimum atomic E-state index is -2.61. The molecule has 1 aromatic heterocycles. The number of hydrogen-bond donors (Lipinski definition) is 2. The number of aliphatic hydroxyl groups is 1. The van der Waals surface area contributed by atoms with E-state index >= 15 is 4.79 Å². The van der Waals surface area contributed by atoms with E-state index in [2.05, 4.69) is 18.2 Å². The molecule has 13 nitrogen and oxygen atoms in total. The number of nitro benzene ring substituents is 1. The van der Waals surface area contributed by atoms with Gasteiger partial charge in [0.1, 0.15) is 5.75 Å². The monoisotopic (exact) mass is 775 g/mol. The van der Waals surface area contributed by atoms with Gasteiger partial charge in [0.15, 0.2) is 5.60 Å². The molecule has 4 aromatic carbocycles. The number of nitro groups is 1. The number of likely N-dealkylation sites (tertiary alicyclic amines) is 1. The number of aliphatic hydroxyl groups excluding tert-OH is 1. The number of ether oxygens (including phenoxy) is 2. The van der Waals surface area contributed by atoms with Gasteiger partial charge in [-0.1, -0.05) is 61.6 Å². The third-order valence-corrected chi connectivity index (χ3v) is 16.8. The van der Waals surface area contributed by atoms with Gasteiger partial charge in [0.2, 0.25) is 5.91 Å². The van der Waals surface area contributed by atoms with Crippen LogP contribution in [-0.2, 0) is 26.5 Å². The smallest absolute Gasteiger partial charge is 0.279 e. The minimum Gasteiger partial charge on any atom is -0.497 e. The second-order valence-electron chi connectivity index (χ2n) is 15.7. The van der Waals surface area contributed by atoms with Crippen LogP contribution in [0.25, 0.3) is 16.6 Å². The van der Waals surface area contributed by atoms with E-state index in [4.69, 9.17) is 9.47 Å². The van der Waals surface area contributed by atoms with Crippen molar-refractivity contribution >= 4 is 47.4 Å². The summed E-state index contributed by atoms with van der Waals surface area (Å²) >= 11 is 0. The lowest BCUT2D eigenvalue weighted by Crippen LogP contribution is -2.52. The number of anilines is 1. The highest BCUT2D eigenvalue weighted by Crippen LogP contribution is 2.60. The molecule has 2 amide bonds. The average Bonchev–Trinajstić information content (AvgIpc) is 3.95. The van der Waals surface area contributed by atoms with Crippen molar-refractivity contribution in [2.45, 2.75) is 69.1 Å². The van der Waals surface area contributed by atoms with Crippen molar-refractivity contribution in [2.24, 2.45) is 5.92 Å². The van der Waals surface area contributed by atoms with Crippen molar-refractivity contribution in [3.8, 4) is 11.4 Å². The highest BCUT2D eigenvalue weighted by molar-refractivity contribution is 6.91. The van der Waals surface area contributed by atoms with Crippen LogP contribution in [0.4, 0.5) is 11.4 Å². The third-order valence-electron chi connectivity index (χ3n) is 12.4. The Balaban J connectivity index is 1.19. The summed E-state index contributed by atoms with van der Waals surface area (Å²) in [6.07, 6.45) is 0.827. The summed E-state index contributed by atoms with van der Waals surface area (Å²) in [5.41, 5.74) is 0.852.